The van der Waals surface area contributed by atoms with Crippen LogP contribution in [0.5, 0.6) is 0 Å². The number of piperidine rings is 3. The van der Waals surface area contributed by atoms with Crippen molar-refractivity contribution >= 4 is 0 Å². The summed E-state index contributed by atoms with van der Waals surface area (Å²) in [4.78, 5) is 13.7. The maximum Gasteiger partial charge on any atom is 0.132 e. The first-order chi connectivity index (χ1) is 8.38. The first-order valence-electron chi connectivity index (χ1n) is 6.50. The Morgan fingerprint density at radius 3 is 2.41 bits per heavy atom. The fourth-order valence-corrected chi connectivity index (χ4v) is 3.34. The fraction of sp³-hybridized carbons (Fsp3) is 0.571. The van der Waals surface area contributed by atoms with Crippen LogP contribution in [0.25, 0.3) is 0 Å². The molecule has 3 fully saturated rings. The van der Waals surface area contributed by atoms with Crippen LogP contribution in [0.2, 0.25) is 0 Å². The zero-order chi connectivity index (χ0) is 11.7. The second-order valence-corrected chi connectivity index (χ2v) is 5.24. The molecule has 90 valence electrons. The SMILES string of the molecule is O=NC(c1ccccc1)C1CC2CCN1CC2. The molecule has 3 aliphatic heterocycles. The van der Waals surface area contributed by atoms with Gasteiger partial charge in [-0.1, -0.05) is 35.5 Å². The van der Waals surface area contributed by atoms with Gasteiger partial charge in [-0.3, -0.25) is 4.90 Å². The molecule has 1 aromatic rings. The normalized spacial score (nSPS) is 33.3. The Bertz CT molecular complexity index is 384. The van der Waals surface area contributed by atoms with Crippen LogP contribution in [0.15, 0.2) is 35.5 Å². The van der Waals surface area contributed by atoms with Gasteiger partial charge < -0.3 is 0 Å². The molecule has 17 heavy (non-hydrogen) atoms. The molecule has 0 saturated carbocycles. The van der Waals surface area contributed by atoms with E-state index in [4.69, 9.17) is 0 Å². The number of benzene rings is 1. The van der Waals surface area contributed by atoms with Crippen LogP contribution in [0, 0.1) is 10.8 Å². The van der Waals surface area contributed by atoms with Crippen molar-refractivity contribution in [3.05, 3.63) is 40.8 Å². The topological polar surface area (TPSA) is 32.7 Å². The minimum absolute atomic E-state index is 0.181. The van der Waals surface area contributed by atoms with Gasteiger partial charge in [0.15, 0.2) is 0 Å². The lowest BCUT2D eigenvalue weighted by Gasteiger charge is -2.46. The molecule has 4 rings (SSSR count). The van der Waals surface area contributed by atoms with Gasteiger partial charge in [0.25, 0.3) is 0 Å². The average molecular weight is 230 g/mol. The molecule has 0 aromatic heterocycles. The summed E-state index contributed by atoms with van der Waals surface area (Å²) >= 11 is 0. The third-order valence-corrected chi connectivity index (χ3v) is 4.31. The van der Waals surface area contributed by atoms with E-state index in [0.717, 1.165) is 31.0 Å². The number of nitrogens with zero attached hydrogens (tertiary/aromatic N) is 2. The molecule has 0 spiro atoms. The van der Waals surface area contributed by atoms with E-state index in [0.29, 0.717) is 6.04 Å². The summed E-state index contributed by atoms with van der Waals surface area (Å²) in [5.41, 5.74) is 1.07. The van der Waals surface area contributed by atoms with Crippen molar-refractivity contribution in [1.82, 2.24) is 4.90 Å². The van der Waals surface area contributed by atoms with Crippen LogP contribution in [0.3, 0.4) is 0 Å². The van der Waals surface area contributed by atoms with E-state index in [9.17, 15) is 4.91 Å². The highest BCUT2D eigenvalue weighted by atomic mass is 16.3. The molecule has 3 aliphatic rings. The van der Waals surface area contributed by atoms with Crippen molar-refractivity contribution in [3.8, 4) is 0 Å². The zero-order valence-electron chi connectivity index (χ0n) is 9.96. The van der Waals surface area contributed by atoms with Gasteiger partial charge in [0.1, 0.15) is 6.04 Å². The van der Waals surface area contributed by atoms with Gasteiger partial charge in [0, 0.05) is 6.04 Å². The molecule has 0 radical (unpaired) electrons. The summed E-state index contributed by atoms with van der Waals surface area (Å²) in [5.74, 6) is 0.818. The molecule has 3 saturated heterocycles. The molecule has 1 aromatic carbocycles. The fourth-order valence-electron chi connectivity index (χ4n) is 3.34. The van der Waals surface area contributed by atoms with Gasteiger partial charge in [0.05, 0.1) is 0 Å². The molecule has 2 unspecified atom stereocenters. The number of rotatable bonds is 3. The molecule has 3 heterocycles. The highest BCUT2D eigenvalue weighted by Gasteiger charge is 2.39. The standard InChI is InChI=1S/C14H18N2O/c17-15-14(12-4-2-1-3-5-12)13-10-11-6-8-16(13)9-7-11/h1-5,11,13-14H,6-10H2. The molecule has 0 aliphatic carbocycles. The predicted octanol–water partition coefficient (Wildman–Crippen LogP) is 2.98. The van der Waals surface area contributed by atoms with E-state index in [1.54, 1.807) is 0 Å². The number of nitroso groups, excluding NO2 is 1. The quantitative estimate of drug-likeness (QED) is 0.748. The second kappa shape index (κ2) is 4.57. The van der Waals surface area contributed by atoms with Gasteiger partial charge in [-0.2, -0.15) is 4.91 Å². The van der Waals surface area contributed by atoms with Gasteiger partial charge in [-0.25, -0.2) is 0 Å². The van der Waals surface area contributed by atoms with Crippen LogP contribution in [-0.4, -0.2) is 24.0 Å². The van der Waals surface area contributed by atoms with Gasteiger partial charge in [0.2, 0.25) is 0 Å². The van der Waals surface area contributed by atoms with Crippen molar-refractivity contribution in [2.45, 2.75) is 31.3 Å². The van der Waals surface area contributed by atoms with Gasteiger partial charge >= 0.3 is 0 Å². The highest BCUT2D eigenvalue weighted by molar-refractivity contribution is 5.21. The van der Waals surface area contributed by atoms with E-state index >= 15 is 0 Å². The van der Waals surface area contributed by atoms with E-state index in [2.05, 4.69) is 10.1 Å². The van der Waals surface area contributed by atoms with Crippen LogP contribution < -0.4 is 0 Å². The van der Waals surface area contributed by atoms with Crippen LogP contribution in [0.1, 0.15) is 30.9 Å². The Hall–Kier alpha value is -1.22. The monoisotopic (exact) mass is 230 g/mol. The molecule has 0 N–H and O–H groups in total. The maximum atomic E-state index is 11.2. The van der Waals surface area contributed by atoms with Crippen molar-refractivity contribution < 1.29 is 0 Å². The summed E-state index contributed by atoms with van der Waals surface area (Å²) in [5, 5.41) is 3.41. The smallest absolute Gasteiger partial charge is 0.132 e. The first kappa shape index (κ1) is 10.9. The molecule has 2 bridgehead atoms. The largest absolute Gasteiger partial charge is 0.298 e. The third kappa shape index (κ3) is 2.00. The lowest BCUT2D eigenvalue weighted by Crippen LogP contribution is -2.50. The molecule has 0 amide bonds. The second-order valence-electron chi connectivity index (χ2n) is 5.24. The van der Waals surface area contributed by atoms with Crippen molar-refractivity contribution in [3.63, 3.8) is 0 Å². The Morgan fingerprint density at radius 1 is 1.18 bits per heavy atom. The minimum atomic E-state index is -0.181. The Kier molecular flexibility index (Phi) is 2.93. The molecule has 3 nitrogen and oxygen atoms in total. The van der Waals surface area contributed by atoms with Crippen LogP contribution >= 0.6 is 0 Å². The van der Waals surface area contributed by atoms with E-state index in [1.165, 1.54) is 12.8 Å². The van der Waals surface area contributed by atoms with E-state index in [-0.39, 0.29) is 6.04 Å². The minimum Gasteiger partial charge on any atom is -0.298 e. The Morgan fingerprint density at radius 2 is 1.88 bits per heavy atom. The lowest BCUT2D eigenvalue weighted by molar-refractivity contribution is 0.0358. The van der Waals surface area contributed by atoms with Crippen LogP contribution in [-0.2, 0) is 0 Å². The van der Waals surface area contributed by atoms with Crippen molar-refractivity contribution in [2.75, 3.05) is 13.1 Å². The summed E-state index contributed by atoms with van der Waals surface area (Å²) in [7, 11) is 0. The summed E-state index contributed by atoms with van der Waals surface area (Å²) < 4.78 is 0. The number of hydrogen-bond donors (Lipinski definition) is 0. The number of fused-ring (bicyclic) bond motifs is 3. The van der Waals surface area contributed by atoms with E-state index < -0.39 is 0 Å². The first-order valence-corrected chi connectivity index (χ1v) is 6.50. The highest BCUT2D eigenvalue weighted by Crippen LogP contribution is 2.38. The number of hydrogen-bond acceptors (Lipinski definition) is 3. The summed E-state index contributed by atoms with van der Waals surface area (Å²) in [6.07, 6.45) is 3.75. The molecular weight excluding hydrogens is 212 g/mol. The maximum absolute atomic E-state index is 11.2. The molecular formula is C14H18N2O. The van der Waals surface area contributed by atoms with Gasteiger partial charge in [-0.05, 0) is 43.8 Å². The van der Waals surface area contributed by atoms with E-state index in [1.807, 2.05) is 30.3 Å². The van der Waals surface area contributed by atoms with Crippen molar-refractivity contribution in [1.29, 1.82) is 0 Å². The molecule has 2 atom stereocenters. The van der Waals surface area contributed by atoms with Gasteiger partial charge in [-0.15, -0.1) is 0 Å². The molecule has 3 heteroatoms. The Balaban J connectivity index is 1.84. The zero-order valence-corrected chi connectivity index (χ0v) is 9.96. The van der Waals surface area contributed by atoms with Crippen molar-refractivity contribution in [2.24, 2.45) is 11.1 Å². The lowest BCUT2D eigenvalue weighted by atomic mass is 9.79. The Labute approximate surface area is 102 Å². The average Bonchev–Trinajstić information content (AvgIpc) is 2.42. The predicted molar refractivity (Wildman–Crippen MR) is 67.7 cm³/mol. The summed E-state index contributed by atoms with van der Waals surface area (Å²) in [6, 6.07) is 10.2. The van der Waals surface area contributed by atoms with Crippen LogP contribution in [0.4, 0.5) is 0 Å². The third-order valence-electron chi connectivity index (χ3n) is 4.31. The summed E-state index contributed by atoms with van der Waals surface area (Å²) in [6.45, 7) is 2.29.